The zero-order chi connectivity index (χ0) is 7.28. The Kier molecular flexibility index (Phi) is 4.81. The average Bonchev–Trinajstić information content (AvgIpc) is 1.63. The number of rotatable bonds is 4. The highest BCUT2D eigenvalue weighted by Crippen LogP contribution is 2.18. The topological polar surface area (TPSA) is 66.8 Å². The summed E-state index contributed by atoms with van der Waals surface area (Å²) in [5, 5.41) is 8.29. The minimum absolute atomic E-state index is 0.0235. The van der Waals surface area contributed by atoms with E-state index in [0.29, 0.717) is 6.42 Å². The molecule has 0 heterocycles. The van der Waals surface area contributed by atoms with E-state index in [0.717, 1.165) is 0 Å². The maximum Gasteiger partial charge on any atom is 0.694 e. The molecule has 0 saturated heterocycles. The van der Waals surface area contributed by atoms with E-state index in [4.69, 9.17) is 10.00 Å². The Bertz CT molecular complexity index is 94.6. The van der Waals surface area contributed by atoms with Crippen molar-refractivity contribution in [1.82, 2.24) is 0 Å². The number of aliphatic hydroxyl groups is 1. The molecule has 0 aromatic rings. The summed E-state index contributed by atoms with van der Waals surface area (Å²) in [6.07, 6.45) is 0.0466. The van der Waals surface area contributed by atoms with Crippen LogP contribution in [0.2, 0.25) is 0 Å². The molecular formula is C4H10O4P+. The van der Waals surface area contributed by atoms with Crippen LogP contribution in [0.25, 0.3) is 0 Å². The Balaban J connectivity index is 3.26. The smallest absolute Gasteiger partial charge is 0.396 e. The van der Waals surface area contributed by atoms with E-state index in [1.165, 1.54) is 0 Å². The SMILES string of the molecule is CC(CCO)O[P+](=O)O. The van der Waals surface area contributed by atoms with Gasteiger partial charge in [0.2, 0.25) is 0 Å². The van der Waals surface area contributed by atoms with E-state index in [-0.39, 0.29) is 12.7 Å². The van der Waals surface area contributed by atoms with Gasteiger partial charge in [-0.25, -0.2) is 0 Å². The van der Waals surface area contributed by atoms with Crippen LogP contribution in [-0.2, 0) is 9.09 Å². The Labute approximate surface area is 54.4 Å². The van der Waals surface area contributed by atoms with Gasteiger partial charge in [0.1, 0.15) is 6.10 Å². The highest BCUT2D eigenvalue weighted by Gasteiger charge is 2.17. The van der Waals surface area contributed by atoms with Crippen molar-refractivity contribution in [3.05, 3.63) is 0 Å². The second-order valence-corrected chi connectivity index (χ2v) is 2.35. The molecular weight excluding hydrogens is 143 g/mol. The predicted molar refractivity (Wildman–Crippen MR) is 32.1 cm³/mol. The first-order chi connectivity index (χ1) is 4.16. The first kappa shape index (κ1) is 8.98. The van der Waals surface area contributed by atoms with Crippen molar-refractivity contribution in [2.24, 2.45) is 0 Å². The summed E-state index contributed by atoms with van der Waals surface area (Å²) in [5.74, 6) is 0. The number of aliphatic hydroxyl groups excluding tert-OH is 1. The van der Waals surface area contributed by atoms with Crippen LogP contribution in [-0.4, -0.2) is 22.7 Å². The second kappa shape index (κ2) is 4.82. The molecule has 0 fully saturated rings. The quantitative estimate of drug-likeness (QED) is 0.574. The molecule has 0 aromatic carbocycles. The van der Waals surface area contributed by atoms with Gasteiger partial charge in [-0.3, -0.25) is 0 Å². The van der Waals surface area contributed by atoms with Crippen LogP contribution in [0.1, 0.15) is 13.3 Å². The van der Waals surface area contributed by atoms with Gasteiger partial charge in [-0.1, -0.05) is 0 Å². The molecule has 5 heteroatoms. The van der Waals surface area contributed by atoms with Crippen LogP contribution in [0.4, 0.5) is 0 Å². The molecule has 4 nitrogen and oxygen atoms in total. The molecule has 2 N–H and O–H groups in total. The van der Waals surface area contributed by atoms with Crippen LogP contribution in [0.15, 0.2) is 0 Å². The zero-order valence-electron chi connectivity index (χ0n) is 5.15. The van der Waals surface area contributed by atoms with Crippen molar-refractivity contribution in [3.8, 4) is 0 Å². The van der Waals surface area contributed by atoms with Gasteiger partial charge in [0.15, 0.2) is 0 Å². The molecule has 0 aliphatic rings. The summed E-state index contributed by atoms with van der Waals surface area (Å²) < 4.78 is 14.3. The van der Waals surface area contributed by atoms with Gasteiger partial charge >= 0.3 is 8.25 Å². The lowest BCUT2D eigenvalue weighted by Crippen LogP contribution is -2.04. The fraction of sp³-hybridized carbons (Fsp3) is 1.00. The maximum absolute atomic E-state index is 9.93. The van der Waals surface area contributed by atoms with Crippen LogP contribution in [0.5, 0.6) is 0 Å². The summed E-state index contributed by atoms with van der Waals surface area (Å²) >= 11 is 0. The van der Waals surface area contributed by atoms with E-state index in [1.54, 1.807) is 6.92 Å². The lowest BCUT2D eigenvalue weighted by Gasteiger charge is -1.97. The van der Waals surface area contributed by atoms with Gasteiger partial charge in [-0.2, -0.15) is 0 Å². The molecule has 0 bridgehead atoms. The predicted octanol–water partition coefficient (Wildman–Crippen LogP) is 0.424. The molecule has 0 rings (SSSR count). The largest absolute Gasteiger partial charge is 0.694 e. The maximum atomic E-state index is 9.93. The monoisotopic (exact) mass is 153 g/mol. The van der Waals surface area contributed by atoms with Crippen LogP contribution >= 0.6 is 8.25 Å². The van der Waals surface area contributed by atoms with Crippen molar-refractivity contribution in [2.45, 2.75) is 19.4 Å². The van der Waals surface area contributed by atoms with Crippen molar-refractivity contribution < 1.29 is 19.1 Å². The molecule has 2 atom stereocenters. The third-order valence-corrected chi connectivity index (χ3v) is 1.35. The Morgan fingerprint density at radius 2 is 2.33 bits per heavy atom. The van der Waals surface area contributed by atoms with Crippen molar-refractivity contribution >= 4 is 8.25 Å². The molecule has 0 aliphatic heterocycles. The third kappa shape index (κ3) is 5.86. The second-order valence-electron chi connectivity index (χ2n) is 1.67. The van der Waals surface area contributed by atoms with E-state index in [1.807, 2.05) is 0 Å². The average molecular weight is 153 g/mol. The lowest BCUT2D eigenvalue weighted by atomic mass is 10.3. The fourth-order valence-corrected chi connectivity index (χ4v) is 0.802. The first-order valence-electron chi connectivity index (χ1n) is 2.60. The van der Waals surface area contributed by atoms with E-state index < -0.39 is 8.25 Å². The van der Waals surface area contributed by atoms with Crippen LogP contribution < -0.4 is 0 Å². The third-order valence-electron chi connectivity index (χ3n) is 0.806. The minimum atomic E-state index is -2.51. The van der Waals surface area contributed by atoms with Gasteiger partial charge in [0.25, 0.3) is 0 Å². The van der Waals surface area contributed by atoms with Crippen molar-refractivity contribution in [3.63, 3.8) is 0 Å². The molecule has 0 radical (unpaired) electrons. The van der Waals surface area contributed by atoms with Crippen LogP contribution in [0.3, 0.4) is 0 Å². The van der Waals surface area contributed by atoms with Gasteiger partial charge < -0.3 is 5.11 Å². The summed E-state index contributed by atoms with van der Waals surface area (Å²) in [4.78, 5) is 8.15. The van der Waals surface area contributed by atoms with Crippen molar-refractivity contribution in [1.29, 1.82) is 0 Å². The Morgan fingerprint density at radius 3 is 2.67 bits per heavy atom. The highest BCUT2D eigenvalue weighted by molar-refractivity contribution is 7.32. The highest BCUT2D eigenvalue weighted by atomic mass is 31.1. The van der Waals surface area contributed by atoms with Gasteiger partial charge in [-0.15, -0.1) is 9.42 Å². The van der Waals surface area contributed by atoms with Gasteiger partial charge in [0, 0.05) is 17.6 Å². The van der Waals surface area contributed by atoms with Crippen molar-refractivity contribution in [2.75, 3.05) is 6.61 Å². The summed E-state index contributed by atoms with van der Waals surface area (Å²) in [5.41, 5.74) is 0. The van der Waals surface area contributed by atoms with E-state index in [9.17, 15) is 4.57 Å². The van der Waals surface area contributed by atoms with Gasteiger partial charge in [0.05, 0.1) is 0 Å². The fourth-order valence-electron chi connectivity index (χ4n) is 0.388. The normalized spacial score (nSPS) is 15.2. The molecule has 0 aliphatic carbocycles. The Hall–Kier alpha value is -0.0200. The molecule has 0 spiro atoms. The van der Waals surface area contributed by atoms with Gasteiger partial charge in [-0.05, 0) is 6.92 Å². The first-order valence-corrected chi connectivity index (χ1v) is 3.73. The number of hydrogen-bond donors (Lipinski definition) is 2. The standard InChI is InChI=1S/C4H9O4P/c1-4(2-3-5)8-9(6)7/h4-5H,2-3H2,1H3/p+1. The molecule has 2 unspecified atom stereocenters. The molecule has 0 aromatic heterocycles. The van der Waals surface area contributed by atoms with E-state index >= 15 is 0 Å². The lowest BCUT2D eigenvalue weighted by molar-refractivity contribution is 0.161. The van der Waals surface area contributed by atoms with E-state index in [2.05, 4.69) is 4.52 Å². The van der Waals surface area contributed by atoms with Crippen LogP contribution in [0, 0.1) is 0 Å². The molecule has 0 amide bonds. The molecule has 0 saturated carbocycles. The molecule has 54 valence electrons. The number of hydrogen-bond acceptors (Lipinski definition) is 3. The minimum Gasteiger partial charge on any atom is -0.396 e. The summed E-state index contributed by atoms with van der Waals surface area (Å²) in [6.45, 7) is 1.60. The molecule has 9 heavy (non-hydrogen) atoms. The zero-order valence-corrected chi connectivity index (χ0v) is 6.04. The Morgan fingerprint density at radius 1 is 1.78 bits per heavy atom. The summed E-state index contributed by atoms with van der Waals surface area (Å²) in [6, 6.07) is 0. The summed E-state index contributed by atoms with van der Waals surface area (Å²) in [7, 11) is -2.51.